The third kappa shape index (κ3) is 5.96. The summed E-state index contributed by atoms with van der Waals surface area (Å²) in [6.45, 7) is 3.95. The lowest BCUT2D eigenvalue weighted by Crippen LogP contribution is -2.32. The molecule has 1 aliphatic rings. The molecule has 7 nitrogen and oxygen atoms in total. The Balaban J connectivity index is 1.51. The van der Waals surface area contributed by atoms with Gasteiger partial charge in [-0.2, -0.15) is 0 Å². The van der Waals surface area contributed by atoms with E-state index in [1.165, 1.54) is 23.1 Å². The number of methoxy groups -OCH3 is 1. The first-order valence-electron chi connectivity index (χ1n) is 9.95. The first kappa shape index (κ1) is 22.6. The Morgan fingerprint density at radius 3 is 2.87 bits per heavy atom. The van der Waals surface area contributed by atoms with Gasteiger partial charge in [-0.15, -0.1) is 10.2 Å². The zero-order valence-corrected chi connectivity index (χ0v) is 19.0. The maximum Gasteiger partial charge on any atom is 0.228 e. The summed E-state index contributed by atoms with van der Waals surface area (Å²) in [6, 6.07) is 5.92. The number of hydrogen-bond acceptors (Lipinski definition) is 8. The van der Waals surface area contributed by atoms with E-state index in [9.17, 15) is 9.90 Å². The van der Waals surface area contributed by atoms with Crippen molar-refractivity contribution in [2.45, 2.75) is 49.6 Å². The van der Waals surface area contributed by atoms with Crippen molar-refractivity contribution in [2.24, 2.45) is 0 Å². The number of aliphatic hydroxyl groups excluding tert-OH is 1. The Bertz CT molecular complexity index is 883. The van der Waals surface area contributed by atoms with Crippen LogP contribution in [0.15, 0.2) is 28.6 Å². The summed E-state index contributed by atoms with van der Waals surface area (Å²) in [7, 11) is 1.59. The molecule has 162 valence electrons. The molecule has 0 spiro atoms. The number of carbonyl (C=O) groups is 1. The van der Waals surface area contributed by atoms with E-state index in [-0.39, 0.29) is 18.6 Å². The minimum absolute atomic E-state index is 0.0769. The number of ether oxygens (including phenoxy) is 2. The van der Waals surface area contributed by atoms with Gasteiger partial charge >= 0.3 is 0 Å². The van der Waals surface area contributed by atoms with Crippen molar-refractivity contribution in [1.82, 2.24) is 10.2 Å². The maximum absolute atomic E-state index is 12.2. The second kappa shape index (κ2) is 10.8. The fraction of sp³-hybridized carbons (Fsp3) is 0.476. The van der Waals surface area contributed by atoms with Crippen molar-refractivity contribution in [3.63, 3.8) is 0 Å². The average molecular weight is 450 g/mol. The lowest BCUT2D eigenvalue weighted by Gasteiger charge is -2.17. The Morgan fingerprint density at radius 2 is 2.20 bits per heavy atom. The minimum atomic E-state index is -0.681. The van der Waals surface area contributed by atoms with Crippen molar-refractivity contribution >= 4 is 40.2 Å². The number of nitrogens with zero attached hydrogens (tertiary/aromatic N) is 3. The number of hydrogen-bond donors (Lipinski definition) is 1. The molecule has 1 amide bonds. The van der Waals surface area contributed by atoms with Gasteiger partial charge in [-0.3, -0.25) is 9.69 Å². The van der Waals surface area contributed by atoms with Crippen molar-refractivity contribution in [1.29, 1.82) is 0 Å². The summed E-state index contributed by atoms with van der Waals surface area (Å²) in [5.41, 5.74) is 1.02. The van der Waals surface area contributed by atoms with Crippen LogP contribution in [-0.2, 0) is 4.79 Å². The van der Waals surface area contributed by atoms with E-state index >= 15 is 0 Å². The molecular formula is C21H27N3O4S2. The highest BCUT2D eigenvalue weighted by Gasteiger charge is 2.35. The third-order valence-corrected chi connectivity index (χ3v) is 6.66. The standard InChI is InChI=1S/C21H27N3O4S2/c1-4-6-14-7-10-17(18(11-14)27-3)28-12-16(25)13-29-21-23-22-20(30-21)24(15-8-9-15)19(26)5-2/h4,6-7,10-11,15-16,25H,5,8-9,12-13H2,1-3H3/b6-4+. The van der Waals surface area contributed by atoms with Crippen molar-refractivity contribution in [3.05, 3.63) is 29.8 Å². The average Bonchev–Trinajstić information content (AvgIpc) is 3.48. The molecule has 3 rings (SSSR count). The molecule has 0 aliphatic heterocycles. The van der Waals surface area contributed by atoms with Crippen LogP contribution in [-0.4, -0.2) is 52.8 Å². The highest BCUT2D eigenvalue weighted by Crippen LogP contribution is 2.36. The number of aliphatic hydroxyl groups is 1. The Morgan fingerprint density at radius 1 is 1.40 bits per heavy atom. The number of amides is 1. The van der Waals surface area contributed by atoms with Gasteiger partial charge in [0.1, 0.15) is 6.61 Å². The van der Waals surface area contributed by atoms with Crippen LogP contribution >= 0.6 is 23.1 Å². The highest BCUT2D eigenvalue weighted by molar-refractivity contribution is 8.01. The summed E-state index contributed by atoms with van der Waals surface area (Å²) in [5.74, 6) is 1.71. The van der Waals surface area contributed by atoms with E-state index in [1.807, 2.05) is 44.2 Å². The molecule has 9 heteroatoms. The molecule has 1 fully saturated rings. The number of rotatable bonds is 11. The zero-order chi connectivity index (χ0) is 21.5. The van der Waals surface area contributed by atoms with Gasteiger partial charge in [-0.25, -0.2) is 0 Å². The van der Waals surface area contributed by atoms with Gasteiger partial charge in [0, 0.05) is 18.2 Å². The second-order valence-corrected chi connectivity index (χ2v) is 9.11. The predicted molar refractivity (Wildman–Crippen MR) is 121 cm³/mol. The highest BCUT2D eigenvalue weighted by atomic mass is 32.2. The first-order chi connectivity index (χ1) is 14.5. The van der Waals surface area contributed by atoms with Crippen LogP contribution in [0.4, 0.5) is 5.13 Å². The molecular weight excluding hydrogens is 422 g/mol. The van der Waals surface area contributed by atoms with Gasteiger partial charge in [0.15, 0.2) is 15.8 Å². The Labute approximate surface area is 185 Å². The minimum Gasteiger partial charge on any atom is -0.493 e. The van der Waals surface area contributed by atoms with Crippen molar-refractivity contribution in [3.8, 4) is 11.5 Å². The fourth-order valence-corrected chi connectivity index (χ4v) is 4.69. The second-order valence-electron chi connectivity index (χ2n) is 6.89. The molecule has 30 heavy (non-hydrogen) atoms. The maximum atomic E-state index is 12.2. The lowest BCUT2D eigenvalue weighted by atomic mass is 10.2. The summed E-state index contributed by atoms with van der Waals surface area (Å²) in [4.78, 5) is 14.0. The molecule has 0 bridgehead atoms. The summed E-state index contributed by atoms with van der Waals surface area (Å²) in [5, 5.41) is 19.3. The van der Waals surface area contributed by atoms with E-state index < -0.39 is 6.10 Å². The van der Waals surface area contributed by atoms with Crippen LogP contribution in [0.25, 0.3) is 6.08 Å². The number of carbonyl (C=O) groups excluding carboxylic acids is 1. The Hall–Kier alpha value is -2.10. The molecule has 1 aromatic carbocycles. The summed E-state index contributed by atoms with van der Waals surface area (Å²) in [6.07, 6.45) is 5.74. The number of thioether (sulfide) groups is 1. The summed E-state index contributed by atoms with van der Waals surface area (Å²) < 4.78 is 11.8. The normalized spacial score (nSPS) is 14.7. The smallest absolute Gasteiger partial charge is 0.228 e. The van der Waals surface area contributed by atoms with Gasteiger partial charge in [0.25, 0.3) is 0 Å². The predicted octanol–water partition coefficient (Wildman–Crippen LogP) is 4.02. The number of benzene rings is 1. The molecule has 2 aromatic rings. The van der Waals surface area contributed by atoms with Crippen LogP contribution in [0, 0.1) is 0 Å². The van der Waals surface area contributed by atoms with Crippen LogP contribution in [0.2, 0.25) is 0 Å². The number of anilines is 1. The fourth-order valence-electron chi connectivity index (χ4n) is 2.83. The zero-order valence-electron chi connectivity index (χ0n) is 17.4. The van der Waals surface area contributed by atoms with Crippen LogP contribution < -0.4 is 14.4 Å². The van der Waals surface area contributed by atoms with Crippen LogP contribution in [0.5, 0.6) is 11.5 Å². The van der Waals surface area contributed by atoms with E-state index in [1.54, 1.807) is 12.0 Å². The topological polar surface area (TPSA) is 84.8 Å². The molecule has 1 atom stereocenters. The van der Waals surface area contributed by atoms with Gasteiger partial charge in [-0.05, 0) is 37.5 Å². The van der Waals surface area contributed by atoms with E-state index in [0.29, 0.717) is 28.8 Å². The SMILES string of the molecule is C/C=C/c1ccc(OCC(O)CSc2nnc(N(C(=O)CC)C3CC3)s2)c(OC)c1. The molecule has 1 heterocycles. The van der Waals surface area contributed by atoms with Gasteiger partial charge in [0.2, 0.25) is 11.0 Å². The quantitative estimate of drug-likeness (QED) is 0.410. The molecule has 1 aromatic heterocycles. The number of allylic oxidation sites excluding steroid dienone is 1. The monoisotopic (exact) mass is 449 g/mol. The van der Waals surface area contributed by atoms with Crippen LogP contribution in [0.1, 0.15) is 38.7 Å². The van der Waals surface area contributed by atoms with Crippen molar-refractivity contribution in [2.75, 3.05) is 24.4 Å². The molecule has 1 aliphatic carbocycles. The van der Waals surface area contributed by atoms with E-state index in [2.05, 4.69) is 10.2 Å². The van der Waals surface area contributed by atoms with Gasteiger partial charge in [0.05, 0.1) is 13.2 Å². The largest absolute Gasteiger partial charge is 0.493 e. The van der Waals surface area contributed by atoms with E-state index in [4.69, 9.17) is 9.47 Å². The molecule has 0 radical (unpaired) electrons. The molecule has 1 N–H and O–H groups in total. The van der Waals surface area contributed by atoms with Gasteiger partial charge < -0.3 is 14.6 Å². The van der Waals surface area contributed by atoms with Crippen molar-refractivity contribution < 1.29 is 19.4 Å². The molecule has 1 saturated carbocycles. The van der Waals surface area contributed by atoms with Crippen LogP contribution in [0.3, 0.4) is 0 Å². The first-order valence-corrected chi connectivity index (χ1v) is 11.8. The van der Waals surface area contributed by atoms with E-state index in [0.717, 1.165) is 22.7 Å². The lowest BCUT2D eigenvalue weighted by molar-refractivity contribution is -0.118. The third-order valence-electron chi connectivity index (χ3n) is 4.46. The van der Waals surface area contributed by atoms with Gasteiger partial charge in [-0.1, -0.05) is 48.2 Å². The molecule has 0 saturated heterocycles. The molecule has 1 unspecified atom stereocenters. The Kier molecular flexibility index (Phi) is 8.12. The summed E-state index contributed by atoms with van der Waals surface area (Å²) >= 11 is 2.80. The number of aromatic nitrogens is 2.